The Bertz CT molecular complexity index is 781. The molecule has 0 aliphatic heterocycles. The van der Waals surface area contributed by atoms with E-state index in [4.69, 9.17) is 8.94 Å². The van der Waals surface area contributed by atoms with Gasteiger partial charge in [-0.15, -0.1) is 0 Å². The molecule has 5 nitrogen and oxygen atoms in total. The van der Waals surface area contributed by atoms with E-state index >= 15 is 0 Å². The number of carbonyl (C=O) groups is 1. The van der Waals surface area contributed by atoms with E-state index in [0.717, 1.165) is 16.7 Å². The molecule has 0 atom stereocenters. The first-order valence-corrected chi connectivity index (χ1v) is 7.28. The normalized spacial score (nSPS) is 11.3. The Hall–Kier alpha value is -2.56. The third kappa shape index (κ3) is 2.62. The van der Waals surface area contributed by atoms with Gasteiger partial charge in [0, 0.05) is 11.3 Å². The highest BCUT2D eigenvalue weighted by Gasteiger charge is 2.22. The maximum atomic E-state index is 12.4. The molecule has 0 radical (unpaired) electrons. The summed E-state index contributed by atoms with van der Waals surface area (Å²) in [4.78, 5) is 12.4. The molecule has 2 heterocycles. The molecule has 3 rings (SSSR count). The number of nitrogens with zero attached hydrogens (tertiary/aromatic N) is 1. The van der Waals surface area contributed by atoms with Gasteiger partial charge in [0.05, 0.1) is 12.2 Å². The molecule has 1 N–H and O–H groups in total. The molecule has 0 bridgehead atoms. The highest BCUT2D eigenvalue weighted by molar-refractivity contribution is 5.96. The van der Waals surface area contributed by atoms with E-state index in [-0.39, 0.29) is 11.8 Å². The molecule has 22 heavy (non-hydrogen) atoms. The minimum Gasteiger partial charge on any atom is -0.459 e. The van der Waals surface area contributed by atoms with Gasteiger partial charge >= 0.3 is 0 Å². The van der Waals surface area contributed by atoms with Crippen LogP contribution in [0.5, 0.6) is 0 Å². The van der Waals surface area contributed by atoms with Crippen LogP contribution >= 0.6 is 0 Å². The summed E-state index contributed by atoms with van der Waals surface area (Å²) in [5.74, 6) is 1.24. The zero-order valence-electron chi connectivity index (χ0n) is 12.8. The molecule has 0 spiro atoms. The number of fused-ring (bicyclic) bond motifs is 1. The van der Waals surface area contributed by atoms with Gasteiger partial charge in [0.15, 0.2) is 5.76 Å². The van der Waals surface area contributed by atoms with E-state index in [9.17, 15) is 4.79 Å². The van der Waals surface area contributed by atoms with Crippen LogP contribution in [0.25, 0.3) is 11.0 Å². The molecule has 3 aromatic rings. The number of furan rings is 1. The summed E-state index contributed by atoms with van der Waals surface area (Å²) >= 11 is 0. The number of nitrogens with one attached hydrogen (secondary N) is 1. The summed E-state index contributed by atoms with van der Waals surface area (Å²) < 4.78 is 10.9. The van der Waals surface area contributed by atoms with Crippen molar-refractivity contribution >= 4 is 16.9 Å². The van der Waals surface area contributed by atoms with Gasteiger partial charge in [0.1, 0.15) is 16.9 Å². The Morgan fingerprint density at radius 3 is 2.82 bits per heavy atom. The number of aryl methyl sites for hydroxylation is 1. The average Bonchev–Trinajstić information content (AvgIpc) is 3.07. The Morgan fingerprint density at radius 2 is 2.09 bits per heavy atom. The first kappa shape index (κ1) is 14.4. The van der Waals surface area contributed by atoms with E-state index in [2.05, 4.69) is 10.5 Å². The number of hydrogen-bond acceptors (Lipinski definition) is 4. The van der Waals surface area contributed by atoms with Crippen LogP contribution in [0.15, 0.2) is 39.3 Å². The lowest BCUT2D eigenvalue weighted by Crippen LogP contribution is -2.24. The Kier molecular flexibility index (Phi) is 3.71. The van der Waals surface area contributed by atoms with Crippen molar-refractivity contribution in [1.29, 1.82) is 0 Å². The van der Waals surface area contributed by atoms with Crippen LogP contribution in [-0.4, -0.2) is 11.1 Å². The molecule has 0 unspecified atom stereocenters. The third-order valence-corrected chi connectivity index (χ3v) is 3.54. The molecule has 1 amide bonds. The lowest BCUT2D eigenvalue weighted by atomic mass is 10.0. The molecular weight excluding hydrogens is 280 g/mol. The SMILES string of the molecule is Cc1noc(C(C)C)c1C(=O)NCc1cc2ccccc2o1. The predicted octanol–water partition coefficient (Wildman–Crippen LogP) is 3.78. The summed E-state index contributed by atoms with van der Waals surface area (Å²) in [5.41, 5.74) is 1.94. The van der Waals surface area contributed by atoms with Gasteiger partial charge in [-0.3, -0.25) is 4.79 Å². The lowest BCUT2D eigenvalue weighted by molar-refractivity contribution is 0.0945. The molecule has 114 valence electrons. The Labute approximate surface area is 128 Å². The minimum absolute atomic E-state index is 0.105. The van der Waals surface area contributed by atoms with E-state index in [1.165, 1.54) is 0 Å². The number of benzene rings is 1. The summed E-state index contributed by atoms with van der Waals surface area (Å²) in [6.07, 6.45) is 0. The second-order valence-corrected chi connectivity index (χ2v) is 5.60. The molecule has 0 saturated heterocycles. The van der Waals surface area contributed by atoms with Gasteiger partial charge in [-0.2, -0.15) is 0 Å². The van der Waals surface area contributed by atoms with Crippen molar-refractivity contribution in [3.63, 3.8) is 0 Å². The van der Waals surface area contributed by atoms with Crippen LogP contribution in [0.2, 0.25) is 0 Å². The maximum Gasteiger partial charge on any atom is 0.257 e. The van der Waals surface area contributed by atoms with Crippen molar-refractivity contribution in [3.05, 3.63) is 53.1 Å². The van der Waals surface area contributed by atoms with Crippen LogP contribution in [0.4, 0.5) is 0 Å². The van der Waals surface area contributed by atoms with Crippen LogP contribution in [0, 0.1) is 6.92 Å². The van der Waals surface area contributed by atoms with E-state index in [0.29, 0.717) is 23.6 Å². The molecule has 0 saturated carbocycles. The van der Waals surface area contributed by atoms with Crippen LogP contribution in [0.1, 0.15) is 47.3 Å². The summed E-state index contributed by atoms with van der Waals surface area (Å²) in [6.45, 7) is 6.03. The van der Waals surface area contributed by atoms with Gasteiger partial charge in [0.25, 0.3) is 5.91 Å². The van der Waals surface area contributed by atoms with Gasteiger partial charge in [-0.05, 0) is 19.1 Å². The summed E-state index contributed by atoms with van der Waals surface area (Å²) in [7, 11) is 0. The molecular formula is C17H18N2O3. The molecule has 0 aliphatic rings. The number of aromatic nitrogens is 1. The van der Waals surface area contributed by atoms with Gasteiger partial charge in [0.2, 0.25) is 0 Å². The zero-order chi connectivity index (χ0) is 15.7. The van der Waals surface area contributed by atoms with Crippen LogP contribution in [-0.2, 0) is 6.54 Å². The zero-order valence-corrected chi connectivity index (χ0v) is 12.8. The van der Waals surface area contributed by atoms with E-state index < -0.39 is 0 Å². The molecule has 5 heteroatoms. The fourth-order valence-corrected chi connectivity index (χ4v) is 2.44. The number of rotatable bonds is 4. The second-order valence-electron chi connectivity index (χ2n) is 5.60. The summed E-state index contributed by atoms with van der Waals surface area (Å²) in [5, 5.41) is 7.78. The predicted molar refractivity (Wildman–Crippen MR) is 82.7 cm³/mol. The van der Waals surface area contributed by atoms with Gasteiger partial charge in [-0.1, -0.05) is 37.2 Å². The fraction of sp³-hybridized carbons (Fsp3) is 0.294. The number of carbonyl (C=O) groups excluding carboxylic acids is 1. The largest absolute Gasteiger partial charge is 0.459 e. The van der Waals surface area contributed by atoms with Crippen molar-refractivity contribution in [2.45, 2.75) is 33.2 Å². The number of amides is 1. The van der Waals surface area contributed by atoms with Crippen LogP contribution in [0.3, 0.4) is 0 Å². The standard InChI is InChI=1S/C17H18N2O3/c1-10(2)16-15(11(3)19-22-16)17(20)18-9-13-8-12-6-4-5-7-14(12)21-13/h4-8,10H,9H2,1-3H3,(H,18,20). The molecule has 2 aromatic heterocycles. The monoisotopic (exact) mass is 298 g/mol. The minimum atomic E-state index is -0.192. The summed E-state index contributed by atoms with van der Waals surface area (Å²) in [6, 6.07) is 9.69. The third-order valence-electron chi connectivity index (χ3n) is 3.54. The van der Waals surface area contributed by atoms with Crippen molar-refractivity contribution in [3.8, 4) is 0 Å². The van der Waals surface area contributed by atoms with Gasteiger partial charge in [-0.25, -0.2) is 0 Å². The lowest BCUT2D eigenvalue weighted by Gasteiger charge is -2.05. The van der Waals surface area contributed by atoms with Crippen molar-refractivity contribution in [2.24, 2.45) is 0 Å². The second kappa shape index (κ2) is 5.67. The first-order valence-electron chi connectivity index (χ1n) is 7.28. The molecule has 0 fully saturated rings. The highest BCUT2D eigenvalue weighted by atomic mass is 16.5. The van der Waals surface area contributed by atoms with Crippen LogP contribution < -0.4 is 5.32 Å². The smallest absolute Gasteiger partial charge is 0.257 e. The average molecular weight is 298 g/mol. The quantitative estimate of drug-likeness (QED) is 0.795. The van der Waals surface area contributed by atoms with Gasteiger partial charge < -0.3 is 14.3 Å². The van der Waals surface area contributed by atoms with Crippen molar-refractivity contribution in [1.82, 2.24) is 10.5 Å². The van der Waals surface area contributed by atoms with E-state index in [1.807, 2.05) is 44.2 Å². The molecule has 1 aromatic carbocycles. The highest BCUT2D eigenvalue weighted by Crippen LogP contribution is 2.23. The topological polar surface area (TPSA) is 68.3 Å². The van der Waals surface area contributed by atoms with Crippen molar-refractivity contribution in [2.75, 3.05) is 0 Å². The Morgan fingerprint density at radius 1 is 1.32 bits per heavy atom. The number of para-hydroxylation sites is 1. The Balaban J connectivity index is 1.76. The van der Waals surface area contributed by atoms with E-state index in [1.54, 1.807) is 6.92 Å². The first-order chi connectivity index (χ1) is 10.6. The fourth-order valence-electron chi connectivity index (χ4n) is 2.44. The maximum absolute atomic E-state index is 12.4. The number of hydrogen-bond donors (Lipinski definition) is 1. The molecule has 0 aliphatic carbocycles. The van der Waals surface area contributed by atoms with Crippen molar-refractivity contribution < 1.29 is 13.7 Å².